The fourth-order valence-electron chi connectivity index (χ4n) is 5.32. The molecule has 0 aromatic heterocycles. The van der Waals surface area contributed by atoms with Gasteiger partial charge in [-0.05, 0) is 92.8 Å². The summed E-state index contributed by atoms with van der Waals surface area (Å²) in [6, 6.07) is 0.105. The van der Waals surface area contributed by atoms with E-state index >= 15 is 0 Å². The molecule has 1 saturated carbocycles. The minimum absolute atomic E-state index is 0.0222. The lowest BCUT2D eigenvalue weighted by atomic mass is 9.79. The van der Waals surface area contributed by atoms with Crippen LogP contribution in [0.25, 0.3) is 0 Å². The molecule has 5 atom stereocenters. The number of hydrogen-bond acceptors (Lipinski definition) is 7. The van der Waals surface area contributed by atoms with Gasteiger partial charge in [-0.3, -0.25) is 0 Å². The second-order valence-corrected chi connectivity index (χ2v) is 40.7. The molecule has 11 heteroatoms. The number of nitrogens with one attached hydrogen (secondary N) is 1. The van der Waals surface area contributed by atoms with E-state index in [0.29, 0.717) is 19.8 Å². The third kappa shape index (κ3) is 11.1. The molecular weight excluding hydrogens is 667 g/mol. The van der Waals surface area contributed by atoms with E-state index in [0.717, 1.165) is 6.42 Å². The summed E-state index contributed by atoms with van der Waals surface area (Å²) in [5.41, 5.74) is 0. The predicted octanol–water partition coefficient (Wildman–Crippen LogP) is 10.3. The molecule has 1 N–H and O–H groups in total. The van der Waals surface area contributed by atoms with Crippen LogP contribution in [0.15, 0.2) is 0 Å². The highest BCUT2D eigenvalue weighted by atomic mass is 28.4. The first-order valence-electron chi connectivity index (χ1n) is 18.7. The van der Waals surface area contributed by atoms with Gasteiger partial charge < -0.3 is 32.5 Å². The monoisotopic (exact) mass is 748 g/mol. The van der Waals surface area contributed by atoms with Gasteiger partial charge in [0.15, 0.2) is 39.1 Å². The maximum atomic E-state index is 7.24. The van der Waals surface area contributed by atoms with Crippen molar-refractivity contribution < 1.29 is 27.2 Å². The van der Waals surface area contributed by atoms with E-state index in [4.69, 9.17) is 27.2 Å². The highest BCUT2D eigenvalue weighted by molar-refractivity contribution is 6.75. The Morgan fingerprint density at radius 1 is 0.604 bits per heavy atom. The van der Waals surface area contributed by atoms with Crippen molar-refractivity contribution in [1.82, 2.24) is 5.32 Å². The Hall–Kier alpha value is 0.588. The summed E-state index contributed by atoms with van der Waals surface area (Å²) < 4.78 is 41.7. The minimum Gasteiger partial charge on any atom is -0.416 e. The van der Waals surface area contributed by atoms with E-state index in [1.54, 1.807) is 0 Å². The number of rotatable bonds is 13. The maximum absolute atomic E-state index is 7.24. The van der Waals surface area contributed by atoms with Crippen LogP contribution in [0.4, 0.5) is 0 Å². The number of ether oxygens (including phenoxy) is 2. The molecule has 0 aromatic rings. The standard InChI is InChI=1S/C37H81NO6Si4/c1-33(2,3)45(15,16)39-24-27(25-40-46(17,18)34(4,5)6)38-29-23-30(44-48(21,22)36(10,11)12)32-31(42-37(13,14)43-32)28(29)26-41-47(19,20)35(7,8)9/h27-32,38H,23-26H2,1-22H3/t28-,29+,30-,31+,32+/m0/s1. The minimum atomic E-state index is -2.11. The first-order valence-corrected chi connectivity index (χ1v) is 30.4. The first kappa shape index (κ1) is 44.7. The van der Waals surface area contributed by atoms with Gasteiger partial charge in [0, 0.05) is 18.6 Å². The quantitative estimate of drug-likeness (QED) is 0.188. The summed E-state index contributed by atoms with van der Waals surface area (Å²) in [5.74, 6) is -0.599. The van der Waals surface area contributed by atoms with Crippen LogP contribution in [0.1, 0.15) is 103 Å². The summed E-state index contributed by atoms with van der Waals surface area (Å²) in [4.78, 5) is 0. The van der Waals surface area contributed by atoms with Gasteiger partial charge in [0.25, 0.3) is 0 Å². The number of hydrogen-bond donors (Lipinski definition) is 1. The molecule has 0 radical (unpaired) electrons. The predicted molar refractivity (Wildman–Crippen MR) is 214 cm³/mol. The van der Waals surface area contributed by atoms with Gasteiger partial charge in [-0.15, -0.1) is 0 Å². The fourth-order valence-corrected chi connectivity index (χ4v) is 9.80. The maximum Gasteiger partial charge on any atom is 0.192 e. The molecule has 2 rings (SSSR count). The highest BCUT2D eigenvalue weighted by Gasteiger charge is 2.57. The van der Waals surface area contributed by atoms with E-state index in [-0.39, 0.29) is 56.5 Å². The summed E-state index contributed by atoms with van der Waals surface area (Å²) in [5, 5.41) is 4.59. The lowest BCUT2D eigenvalue weighted by molar-refractivity contribution is -0.154. The van der Waals surface area contributed by atoms with Crippen LogP contribution in [0.2, 0.25) is 72.5 Å². The van der Waals surface area contributed by atoms with Crippen LogP contribution >= 0.6 is 0 Å². The van der Waals surface area contributed by atoms with Gasteiger partial charge in [-0.1, -0.05) is 83.1 Å². The SMILES string of the molecule is CC1(C)O[C@@H]2[C@@H](CO[Si](C)(C)C(C)(C)C)[C@H](NC(CO[Si](C)(C)C(C)(C)C)CO[Si](C)(C)C(C)(C)C)C[C@H](O[Si](C)(C)C(C)(C)C)[C@H]2O1. The van der Waals surface area contributed by atoms with Crippen LogP contribution in [0, 0.1) is 5.92 Å². The van der Waals surface area contributed by atoms with Crippen molar-refractivity contribution in [3.8, 4) is 0 Å². The van der Waals surface area contributed by atoms with Gasteiger partial charge in [0.1, 0.15) is 6.10 Å². The van der Waals surface area contributed by atoms with Crippen LogP contribution in [0.3, 0.4) is 0 Å². The Balaban J connectivity index is 2.58. The average molecular weight is 748 g/mol. The Bertz CT molecular complexity index is 1020. The second-order valence-electron chi connectivity index (χ2n) is 21.6. The van der Waals surface area contributed by atoms with Crippen LogP contribution in [-0.2, 0) is 27.2 Å². The van der Waals surface area contributed by atoms with Crippen LogP contribution < -0.4 is 5.32 Å². The molecule has 2 fully saturated rings. The normalized spacial score (nSPS) is 26.7. The summed E-state index contributed by atoms with van der Waals surface area (Å²) in [6.45, 7) is 52.4. The van der Waals surface area contributed by atoms with Crippen molar-refractivity contribution in [1.29, 1.82) is 0 Å². The lowest BCUT2D eigenvalue weighted by Crippen LogP contribution is -2.63. The smallest absolute Gasteiger partial charge is 0.192 e. The molecule has 0 amide bonds. The second kappa shape index (κ2) is 14.8. The largest absolute Gasteiger partial charge is 0.416 e. The third-order valence-corrected chi connectivity index (χ3v) is 31.0. The summed E-state index contributed by atoms with van der Waals surface area (Å²) in [7, 11) is -8.13. The summed E-state index contributed by atoms with van der Waals surface area (Å²) in [6.07, 6.45) is 0.456. The van der Waals surface area contributed by atoms with Gasteiger partial charge >= 0.3 is 0 Å². The molecular formula is C37H81NO6Si4. The molecule has 7 nitrogen and oxygen atoms in total. The molecule has 286 valence electrons. The van der Waals surface area contributed by atoms with Crippen LogP contribution in [-0.4, -0.2) is 89.3 Å². The van der Waals surface area contributed by atoms with Crippen molar-refractivity contribution in [2.24, 2.45) is 5.92 Å². The van der Waals surface area contributed by atoms with Crippen molar-refractivity contribution in [2.45, 2.75) is 212 Å². The topological polar surface area (TPSA) is 67.4 Å². The fraction of sp³-hybridized carbons (Fsp3) is 1.00. The first-order chi connectivity index (χ1) is 21.0. The van der Waals surface area contributed by atoms with Gasteiger partial charge in [-0.2, -0.15) is 0 Å². The van der Waals surface area contributed by atoms with Crippen molar-refractivity contribution in [3.63, 3.8) is 0 Å². The van der Waals surface area contributed by atoms with E-state index in [2.05, 4.69) is 141 Å². The van der Waals surface area contributed by atoms with Gasteiger partial charge in [0.2, 0.25) is 0 Å². The van der Waals surface area contributed by atoms with E-state index in [1.807, 2.05) is 13.8 Å². The molecule has 1 aliphatic heterocycles. The molecule has 0 bridgehead atoms. The molecule has 48 heavy (non-hydrogen) atoms. The van der Waals surface area contributed by atoms with E-state index in [9.17, 15) is 0 Å². The zero-order valence-corrected chi connectivity index (χ0v) is 39.7. The summed E-state index contributed by atoms with van der Waals surface area (Å²) >= 11 is 0. The Morgan fingerprint density at radius 3 is 1.38 bits per heavy atom. The van der Waals surface area contributed by atoms with E-state index < -0.39 is 39.1 Å². The molecule has 1 heterocycles. The molecule has 1 saturated heterocycles. The van der Waals surface area contributed by atoms with Crippen molar-refractivity contribution in [3.05, 3.63) is 0 Å². The average Bonchev–Trinajstić information content (AvgIpc) is 3.17. The van der Waals surface area contributed by atoms with Crippen molar-refractivity contribution >= 4 is 33.3 Å². The zero-order valence-electron chi connectivity index (χ0n) is 35.7. The molecule has 0 spiro atoms. The lowest BCUT2D eigenvalue weighted by Gasteiger charge is -2.49. The Kier molecular flexibility index (Phi) is 13.8. The van der Waals surface area contributed by atoms with Gasteiger partial charge in [-0.25, -0.2) is 0 Å². The van der Waals surface area contributed by atoms with E-state index in [1.165, 1.54) is 0 Å². The molecule has 0 unspecified atom stereocenters. The highest BCUT2D eigenvalue weighted by Crippen LogP contribution is 2.46. The Morgan fingerprint density at radius 2 is 0.979 bits per heavy atom. The zero-order chi connectivity index (χ0) is 37.7. The molecule has 1 aliphatic carbocycles. The van der Waals surface area contributed by atoms with Crippen molar-refractivity contribution in [2.75, 3.05) is 19.8 Å². The van der Waals surface area contributed by atoms with Gasteiger partial charge in [0.05, 0.1) is 31.5 Å². The Labute approximate surface area is 302 Å². The molecule has 0 aromatic carbocycles. The number of fused-ring (bicyclic) bond motifs is 1. The molecule has 2 aliphatic rings. The third-order valence-electron chi connectivity index (χ3n) is 13.0. The van der Waals surface area contributed by atoms with Crippen LogP contribution in [0.5, 0.6) is 0 Å².